The number of carbonyl (C=O) groups excluding carboxylic acids is 2. The molecule has 3 aromatic carbocycles. The van der Waals surface area contributed by atoms with Crippen LogP contribution in [0.25, 0.3) is 10.2 Å². The number of hydrogen-bond donors (Lipinski definition) is 4. The first-order chi connectivity index (χ1) is 22.3. The second-order valence-corrected chi connectivity index (χ2v) is 15.9. The van der Waals surface area contributed by atoms with E-state index in [1.165, 1.54) is 11.3 Å². The SMILES string of the molecule is CC(C)C(NC[C@@H](O)[C@H](Cc1ccccc1)NC(=O)[C@@H](NC(=O)OCc1ccccc1)C(C)(C)C)S(=O)(=O)c1ccc2ncsc2c1. The molecule has 2 amide bonds. The molecule has 4 aromatic rings. The van der Waals surface area contributed by atoms with Gasteiger partial charge in [0.05, 0.1) is 32.8 Å². The molecular formula is C35H44N4O6S2. The highest BCUT2D eigenvalue weighted by Crippen LogP contribution is 2.26. The number of benzene rings is 3. The van der Waals surface area contributed by atoms with Crippen molar-refractivity contribution in [3.8, 4) is 0 Å². The number of hydrogen-bond acceptors (Lipinski definition) is 9. The number of sulfone groups is 1. The Morgan fingerprint density at radius 1 is 0.936 bits per heavy atom. The first-order valence-electron chi connectivity index (χ1n) is 15.6. The van der Waals surface area contributed by atoms with E-state index >= 15 is 0 Å². The summed E-state index contributed by atoms with van der Waals surface area (Å²) >= 11 is 1.37. The molecule has 0 spiro atoms. The van der Waals surface area contributed by atoms with Gasteiger partial charge in [0.2, 0.25) is 5.91 Å². The second kappa shape index (κ2) is 15.8. The Hall–Kier alpha value is -3.84. The molecule has 252 valence electrons. The minimum atomic E-state index is -3.84. The van der Waals surface area contributed by atoms with Crippen LogP contribution in [0.5, 0.6) is 0 Å². The van der Waals surface area contributed by atoms with Crippen molar-refractivity contribution >= 4 is 43.4 Å². The summed E-state index contributed by atoms with van der Waals surface area (Å²) in [6.45, 7) is 8.99. The van der Waals surface area contributed by atoms with E-state index in [1.807, 2.05) is 81.4 Å². The molecule has 1 unspecified atom stereocenters. The van der Waals surface area contributed by atoms with Crippen molar-refractivity contribution in [3.05, 3.63) is 95.5 Å². The molecule has 0 bridgehead atoms. The van der Waals surface area contributed by atoms with Gasteiger partial charge in [-0.1, -0.05) is 95.3 Å². The zero-order valence-electron chi connectivity index (χ0n) is 27.3. The van der Waals surface area contributed by atoms with Gasteiger partial charge in [-0.15, -0.1) is 11.3 Å². The van der Waals surface area contributed by atoms with Crippen LogP contribution < -0.4 is 16.0 Å². The maximum atomic E-state index is 13.8. The number of thiazole rings is 1. The Morgan fingerprint density at radius 2 is 1.57 bits per heavy atom. The fraction of sp³-hybridized carbons (Fsp3) is 0.400. The van der Waals surface area contributed by atoms with Gasteiger partial charge >= 0.3 is 6.09 Å². The fourth-order valence-electron chi connectivity index (χ4n) is 5.22. The molecule has 0 radical (unpaired) electrons. The Bertz CT molecular complexity index is 1720. The standard InChI is InChI=1S/C35H44N4O6S2/c1-23(2)33(47(43,44)26-16-17-27-30(19-26)46-22-37-27)36-20-29(40)28(18-24-12-8-6-9-13-24)38-32(41)31(35(3,4)5)39-34(42)45-21-25-14-10-7-11-15-25/h6-17,19,22-23,28-29,31,33,36,40H,18,20-21H2,1-5H3,(H,38,41)(H,39,42)/t28-,29+,31+,33?/m0/s1. The number of aromatic nitrogens is 1. The van der Waals surface area contributed by atoms with E-state index < -0.39 is 50.8 Å². The Balaban J connectivity index is 1.49. The molecule has 0 saturated carbocycles. The smallest absolute Gasteiger partial charge is 0.408 e. The molecule has 4 N–H and O–H groups in total. The van der Waals surface area contributed by atoms with Gasteiger partial charge in [0.25, 0.3) is 0 Å². The Kier molecular flexibility index (Phi) is 12.1. The highest BCUT2D eigenvalue weighted by molar-refractivity contribution is 7.92. The van der Waals surface area contributed by atoms with Crippen LogP contribution in [0.15, 0.2) is 89.3 Å². The molecule has 4 rings (SSSR count). The maximum absolute atomic E-state index is 13.8. The highest BCUT2D eigenvalue weighted by Gasteiger charge is 2.36. The minimum absolute atomic E-state index is 0.0458. The van der Waals surface area contributed by atoms with Crippen LogP contribution in [0, 0.1) is 11.3 Å². The van der Waals surface area contributed by atoms with Crippen molar-refractivity contribution in [1.82, 2.24) is 20.9 Å². The highest BCUT2D eigenvalue weighted by atomic mass is 32.2. The molecule has 0 aliphatic carbocycles. The summed E-state index contributed by atoms with van der Waals surface area (Å²) < 4.78 is 33.7. The van der Waals surface area contributed by atoms with Crippen molar-refractivity contribution in [3.63, 3.8) is 0 Å². The molecule has 1 aromatic heterocycles. The molecule has 4 atom stereocenters. The number of nitrogens with one attached hydrogen (secondary N) is 3. The molecule has 0 fully saturated rings. The van der Waals surface area contributed by atoms with E-state index in [4.69, 9.17) is 4.74 Å². The zero-order chi connectivity index (χ0) is 34.2. The predicted octanol–water partition coefficient (Wildman–Crippen LogP) is 5.07. The molecule has 1 heterocycles. The van der Waals surface area contributed by atoms with Gasteiger partial charge in [-0.05, 0) is 47.1 Å². The van der Waals surface area contributed by atoms with Crippen LogP contribution >= 0.6 is 11.3 Å². The van der Waals surface area contributed by atoms with Crippen LogP contribution in [0.3, 0.4) is 0 Å². The van der Waals surface area contributed by atoms with E-state index in [1.54, 1.807) is 37.6 Å². The number of aliphatic hydroxyl groups is 1. The monoisotopic (exact) mass is 680 g/mol. The lowest BCUT2D eigenvalue weighted by Gasteiger charge is -2.33. The van der Waals surface area contributed by atoms with Gasteiger partial charge in [0.1, 0.15) is 18.0 Å². The topological polar surface area (TPSA) is 147 Å². The summed E-state index contributed by atoms with van der Waals surface area (Å²) in [7, 11) is -3.84. The Morgan fingerprint density at radius 3 is 2.19 bits per heavy atom. The van der Waals surface area contributed by atoms with Crippen molar-refractivity contribution < 1.29 is 27.9 Å². The number of rotatable bonds is 14. The van der Waals surface area contributed by atoms with Crippen molar-refractivity contribution in [2.75, 3.05) is 6.54 Å². The summed E-state index contributed by atoms with van der Waals surface area (Å²) in [5, 5.41) is 19.2. The van der Waals surface area contributed by atoms with Crippen LogP contribution in [0.2, 0.25) is 0 Å². The number of ether oxygens (including phenoxy) is 1. The molecular weight excluding hydrogens is 637 g/mol. The molecule has 10 nitrogen and oxygen atoms in total. The van der Waals surface area contributed by atoms with E-state index in [2.05, 4.69) is 20.9 Å². The van der Waals surface area contributed by atoms with Gasteiger partial charge < -0.3 is 20.5 Å². The van der Waals surface area contributed by atoms with Gasteiger partial charge in [-0.25, -0.2) is 18.2 Å². The quantitative estimate of drug-likeness (QED) is 0.144. The molecule has 12 heteroatoms. The average molecular weight is 681 g/mol. The van der Waals surface area contributed by atoms with Crippen LogP contribution in [0.4, 0.5) is 4.79 Å². The summed E-state index contributed by atoms with van der Waals surface area (Å²) in [4.78, 5) is 30.9. The zero-order valence-corrected chi connectivity index (χ0v) is 29.0. The van der Waals surface area contributed by atoms with Crippen molar-refractivity contribution in [2.24, 2.45) is 11.3 Å². The minimum Gasteiger partial charge on any atom is -0.445 e. The third kappa shape index (κ3) is 9.83. The molecule has 0 aliphatic rings. The van der Waals surface area contributed by atoms with E-state index in [9.17, 15) is 23.1 Å². The lowest BCUT2D eigenvalue weighted by Crippen LogP contribution is -2.59. The number of carbonyl (C=O) groups is 2. The maximum Gasteiger partial charge on any atom is 0.408 e. The van der Waals surface area contributed by atoms with Crippen LogP contribution in [0.1, 0.15) is 45.7 Å². The third-order valence-electron chi connectivity index (χ3n) is 7.79. The van der Waals surface area contributed by atoms with Gasteiger partial charge in [-0.2, -0.15) is 0 Å². The summed E-state index contributed by atoms with van der Waals surface area (Å²) in [5.41, 5.74) is 3.37. The van der Waals surface area contributed by atoms with E-state index in [0.29, 0.717) is 0 Å². The second-order valence-electron chi connectivity index (χ2n) is 13.0. The lowest BCUT2D eigenvalue weighted by molar-refractivity contribution is -0.127. The van der Waals surface area contributed by atoms with Gasteiger partial charge in [0, 0.05) is 6.54 Å². The fourth-order valence-corrected chi connectivity index (χ4v) is 7.87. The summed E-state index contributed by atoms with van der Waals surface area (Å²) in [5.74, 6) is -0.831. The molecule has 0 aliphatic heterocycles. The van der Waals surface area contributed by atoms with Crippen molar-refractivity contribution in [2.45, 2.75) is 76.1 Å². The van der Waals surface area contributed by atoms with Crippen molar-refractivity contribution in [1.29, 1.82) is 0 Å². The van der Waals surface area contributed by atoms with Gasteiger partial charge in [-0.3, -0.25) is 10.1 Å². The lowest BCUT2D eigenvalue weighted by atomic mass is 9.85. The summed E-state index contributed by atoms with van der Waals surface area (Å²) in [6, 6.07) is 21.6. The summed E-state index contributed by atoms with van der Waals surface area (Å²) in [6.07, 6.45) is -1.65. The van der Waals surface area contributed by atoms with E-state index in [-0.39, 0.29) is 30.4 Å². The average Bonchev–Trinajstić information content (AvgIpc) is 3.51. The number of amides is 2. The van der Waals surface area contributed by atoms with E-state index in [0.717, 1.165) is 21.3 Å². The number of fused-ring (bicyclic) bond motifs is 1. The molecule has 0 saturated heterocycles. The first kappa shape index (κ1) is 36.0. The van der Waals surface area contributed by atoms with Gasteiger partial charge in [0.15, 0.2) is 9.84 Å². The normalized spacial score (nSPS) is 14.7. The van der Waals surface area contributed by atoms with Crippen LogP contribution in [-0.2, 0) is 32.4 Å². The first-order valence-corrected chi connectivity index (χ1v) is 18.0. The third-order valence-corrected chi connectivity index (χ3v) is 10.9. The number of alkyl carbamates (subject to hydrolysis) is 1. The largest absolute Gasteiger partial charge is 0.445 e. The van der Waals surface area contributed by atoms with Crippen LogP contribution in [-0.4, -0.2) is 60.6 Å². The number of nitrogens with zero attached hydrogens (tertiary/aromatic N) is 1. The Labute approximate surface area is 280 Å². The predicted molar refractivity (Wildman–Crippen MR) is 185 cm³/mol. The molecule has 47 heavy (non-hydrogen) atoms. The number of aliphatic hydroxyl groups excluding tert-OH is 1.